The summed E-state index contributed by atoms with van der Waals surface area (Å²) in [5.74, 6) is 0. The first kappa shape index (κ1) is 8.45. The zero-order valence-corrected chi connectivity index (χ0v) is 7.56. The fraction of sp³-hybridized carbons (Fsp3) is 1.00. The fourth-order valence-corrected chi connectivity index (χ4v) is 1.43. The molecule has 0 aliphatic heterocycles. The standard InChI is InChI=1S/C7H15O2P/c1-10(2)9-8-7-5-3-4-6-7/h7H,3-6H2,1-2H3. The average Bonchev–Trinajstić information content (AvgIpc) is 2.34. The lowest BCUT2D eigenvalue weighted by atomic mass is 10.3. The Kier molecular flexibility index (Phi) is 3.61. The van der Waals surface area contributed by atoms with Crippen molar-refractivity contribution in [1.29, 1.82) is 0 Å². The number of hydrogen-bond donors (Lipinski definition) is 0. The van der Waals surface area contributed by atoms with E-state index in [1.165, 1.54) is 25.7 Å². The van der Waals surface area contributed by atoms with Gasteiger partial charge in [-0.25, -0.2) is 9.56 Å². The Labute approximate surface area is 63.7 Å². The summed E-state index contributed by atoms with van der Waals surface area (Å²) in [6, 6.07) is 0. The van der Waals surface area contributed by atoms with E-state index in [1.807, 2.05) is 13.3 Å². The van der Waals surface area contributed by atoms with Crippen LogP contribution in [0.1, 0.15) is 25.7 Å². The first-order valence-electron chi connectivity index (χ1n) is 3.80. The van der Waals surface area contributed by atoms with Gasteiger partial charge in [-0.05, 0) is 26.2 Å². The Hall–Kier alpha value is 0.350. The van der Waals surface area contributed by atoms with Crippen molar-refractivity contribution < 1.29 is 9.56 Å². The Morgan fingerprint density at radius 1 is 1.20 bits per heavy atom. The van der Waals surface area contributed by atoms with Crippen LogP contribution in [0.3, 0.4) is 0 Å². The van der Waals surface area contributed by atoms with Crippen molar-refractivity contribution in [2.75, 3.05) is 13.3 Å². The SMILES string of the molecule is CP(C)OOC1CCCC1. The Bertz CT molecular complexity index is 89.6. The zero-order valence-electron chi connectivity index (χ0n) is 6.67. The molecule has 0 unspecified atom stereocenters. The highest BCUT2D eigenvalue weighted by Gasteiger charge is 2.16. The molecule has 1 rings (SSSR count). The lowest BCUT2D eigenvalue weighted by Gasteiger charge is -2.11. The van der Waals surface area contributed by atoms with Gasteiger partial charge < -0.3 is 0 Å². The van der Waals surface area contributed by atoms with E-state index in [0.29, 0.717) is 6.10 Å². The molecule has 0 heterocycles. The summed E-state index contributed by atoms with van der Waals surface area (Å²) in [5, 5.41) is 0. The molecule has 0 saturated heterocycles. The second-order valence-electron chi connectivity index (χ2n) is 2.89. The van der Waals surface area contributed by atoms with Crippen molar-refractivity contribution in [3.8, 4) is 0 Å². The van der Waals surface area contributed by atoms with Crippen molar-refractivity contribution in [2.24, 2.45) is 0 Å². The van der Waals surface area contributed by atoms with Crippen LogP contribution < -0.4 is 0 Å². The van der Waals surface area contributed by atoms with Crippen LogP contribution in [0.5, 0.6) is 0 Å². The first-order chi connectivity index (χ1) is 4.79. The predicted octanol–water partition coefficient (Wildman–Crippen LogP) is 2.53. The third kappa shape index (κ3) is 2.96. The summed E-state index contributed by atoms with van der Waals surface area (Å²) in [6.45, 7) is 4.09. The summed E-state index contributed by atoms with van der Waals surface area (Å²) in [6.07, 6.45) is 5.37. The van der Waals surface area contributed by atoms with E-state index in [9.17, 15) is 0 Å². The highest BCUT2D eigenvalue weighted by molar-refractivity contribution is 7.50. The third-order valence-electron chi connectivity index (χ3n) is 1.63. The van der Waals surface area contributed by atoms with Crippen molar-refractivity contribution in [1.82, 2.24) is 0 Å². The van der Waals surface area contributed by atoms with E-state index < -0.39 is 0 Å². The maximum atomic E-state index is 5.19. The normalized spacial score (nSPS) is 20.7. The maximum absolute atomic E-state index is 5.19. The average molecular weight is 162 g/mol. The number of hydrogen-bond acceptors (Lipinski definition) is 2. The molecule has 0 aromatic carbocycles. The van der Waals surface area contributed by atoms with Crippen LogP contribution >= 0.6 is 8.15 Å². The molecule has 0 amide bonds. The lowest BCUT2D eigenvalue weighted by Crippen LogP contribution is -2.05. The van der Waals surface area contributed by atoms with E-state index in [0.717, 1.165) is 0 Å². The van der Waals surface area contributed by atoms with Gasteiger partial charge >= 0.3 is 0 Å². The van der Waals surface area contributed by atoms with Gasteiger partial charge in [0.2, 0.25) is 0 Å². The summed E-state index contributed by atoms with van der Waals surface area (Å²) in [5.41, 5.74) is 0. The second-order valence-corrected chi connectivity index (χ2v) is 4.66. The van der Waals surface area contributed by atoms with Gasteiger partial charge in [0.25, 0.3) is 0 Å². The quantitative estimate of drug-likeness (QED) is 0.360. The second kappa shape index (κ2) is 4.27. The van der Waals surface area contributed by atoms with Crippen molar-refractivity contribution in [3.63, 3.8) is 0 Å². The molecule has 1 saturated carbocycles. The van der Waals surface area contributed by atoms with Crippen LogP contribution in [0, 0.1) is 0 Å². The molecule has 2 nitrogen and oxygen atoms in total. The van der Waals surface area contributed by atoms with Gasteiger partial charge in [0.15, 0.2) is 0 Å². The Morgan fingerprint density at radius 3 is 2.30 bits per heavy atom. The van der Waals surface area contributed by atoms with Gasteiger partial charge in [0.05, 0.1) is 14.3 Å². The topological polar surface area (TPSA) is 18.5 Å². The monoisotopic (exact) mass is 162 g/mol. The summed E-state index contributed by atoms with van der Waals surface area (Å²) < 4.78 is 5.09. The molecular weight excluding hydrogens is 147 g/mol. The van der Waals surface area contributed by atoms with Crippen LogP contribution in [0.2, 0.25) is 0 Å². The molecule has 0 aromatic heterocycles. The van der Waals surface area contributed by atoms with E-state index >= 15 is 0 Å². The third-order valence-corrected chi connectivity index (χ3v) is 2.01. The van der Waals surface area contributed by atoms with Crippen molar-refractivity contribution in [3.05, 3.63) is 0 Å². The summed E-state index contributed by atoms with van der Waals surface area (Å²) >= 11 is 0. The molecule has 1 fully saturated rings. The molecule has 1 aliphatic rings. The molecule has 0 aromatic rings. The number of rotatable bonds is 3. The molecule has 60 valence electrons. The molecule has 3 heteroatoms. The summed E-state index contributed by atoms with van der Waals surface area (Å²) in [4.78, 5) is 5.19. The molecule has 0 bridgehead atoms. The van der Waals surface area contributed by atoms with Crippen LogP contribution in [-0.4, -0.2) is 19.4 Å². The maximum Gasteiger partial charge on any atom is 0.0933 e. The highest BCUT2D eigenvalue weighted by Crippen LogP contribution is 2.30. The molecular formula is C7H15O2P. The van der Waals surface area contributed by atoms with Crippen LogP contribution in [0.25, 0.3) is 0 Å². The van der Waals surface area contributed by atoms with Crippen molar-refractivity contribution in [2.45, 2.75) is 31.8 Å². The molecule has 0 radical (unpaired) electrons. The summed E-state index contributed by atoms with van der Waals surface area (Å²) in [7, 11) is -0.339. The van der Waals surface area contributed by atoms with Crippen LogP contribution in [0.15, 0.2) is 0 Å². The largest absolute Gasteiger partial charge is 0.230 e. The minimum Gasteiger partial charge on any atom is -0.230 e. The zero-order chi connectivity index (χ0) is 7.40. The minimum absolute atomic E-state index is 0.339. The van der Waals surface area contributed by atoms with Crippen LogP contribution in [0.4, 0.5) is 0 Å². The molecule has 0 spiro atoms. The first-order valence-corrected chi connectivity index (χ1v) is 5.95. The van der Waals surface area contributed by atoms with E-state index in [4.69, 9.17) is 9.56 Å². The fourth-order valence-electron chi connectivity index (χ4n) is 1.13. The Balaban J connectivity index is 2.01. The van der Waals surface area contributed by atoms with Gasteiger partial charge in [-0.1, -0.05) is 12.8 Å². The van der Waals surface area contributed by atoms with Crippen molar-refractivity contribution >= 4 is 8.15 Å². The van der Waals surface area contributed by atoms with Crippen LogP contribution in [-0.2, 0) is 9.56 Å². The van der Waals surface area contributed by atoms with Gasteiger partial charge in [0, 0.05) is 0 Å². The van der Waals surface area contributed by atoms with E-state index in [2.05, 4.69) is 0 Å². The van der Waals surface area contributed by atoms with E-state index in [-0.39, 0.29) is 8.15 Å². The molecule has 1 aliphatic carbocycles. The molecule has 10 heavy (non-hydrogen) atoms. The molecule has 0 atom stereocenters. The minimum atomic E-state index is -0.339. The van der Waals surface area contributed by atoms with Gasteiger partial charge in [-0.15, -0.1) is 0 Å². The molecule has 0 N–H and O–H groups in total. The lowest BCUT2D eigenvalue weighted by molar-refractivity contribution is -0.235. The van der Waals surface area contributed by atoms with Gasteiger partial charge in [0.1, 0.15) is 0 Å². The highest BCUT2D eigenvalue weighted by atomic mass is 31.1. The predicted molar refractivity (Wildman–Crippen MR) is 43.2 cm³/mol. The Morgan fingerprint density at radius 2 is 1.80 bits per heavy atom. The van der Waals surface area contributed by atoms with Gasteiger partial charge in [-0.2, -0.15) is 0 Å². The van der Waals surface area contributed by atoms with E-state index in [1.54, 1.807) is 0 Å². The van der Waals surface area contributed by atoms with Gasteiger partial charge in [-0.3, -0.25) is 0 Å². The smallest absolute Gasteiger partial charge is 0.0933 e.